The SMILES string of the molecule is COc1cc(C(C)NS(=O)C(C)(C)C)cnc1OCC(F)(F)F. The molecular weight excluding hydrogens is 333 g/mol. The van der Waals surface area contributed by atoms with E-state index >= 15 is 0 Å². The van der Waals surface area contributed by atoms with E-state index in [4.69, 9.17) is 4.74 Å². The first-order valence-electron chi connectivity index (χ1n) is 6.85. The van der Waals surface area contributed by atoms with Crippen LogP contribution in [0.15, 0.2) is 12.3 Å². The second-order valence-corrected chi connectivity index (χ2v) is 7.90. The zero-order valence-electron chi connectivity index (χ0n) is 13.7. The van der Waals surface area contributed by atoms with E-state index in [0.717, 1.165) is 0 Å². The fourth-order valence-electron chi connectivity index (χ4n) is 1.49. The molecule has 0 spiro atoms. The number of hydrogen-bond acceptors (Lipinski definition) is 4. The minimum absolute atomic E-state index is 0.0851. The molecule has 132 valence electrons. The van der Waals surface area contributed by atoms with E-state index in [1.54, 1.807) is 6.92 Å². The van der Waals surface area contributed by atoms with Gasteiger partial charge in [-0.05, 0) is 39.3 Å². The Kier molecular flexibility index (Phi) is 6.41. The van der Waals surface area contributed by atoms with Crippen LogP contribution in [0.3, 0.4) is 0 Å². The lowest BCUT2D eigenvalue weighted by Gasteiger charge is -2.22. The van der Waals surface area contributed by atoms with Crippen molar-refractivity contribution in [2.75, 3.05) is 13.7 Å². The summed E-state index contributed by atoms with van der Waals surface area (Å²) in [4.78, 5) is 3.86. The van der Waals surface area contributed by atoms with Gasteiger partial charge in [-0.25, -0.2) is 13.9 Å². The fourth-order valence-corrected chi connectivity index (χ4v) is 2.30. The summed E-state index contributed by atoms with van der Waals surface area (Å²) < 4.78 is 60.8. The molecule has 1 aromatic rings. The summed E-state index contributed by atoms with van der Waals surface area (Å²) in [6.07, 6.45) is -3.09. The van der Waals surface area contributed by atoms with Crippen molar-refractivity contribution in [1.29, 1.82) is 0 Å². The van der Waals surface area contributed by atoms with E-state index in [-0.39, 0.29) is 17.7 Å². The van der Waals surface area contributed by atoms with Gasteiger partial charge in [-0.1, -0.05) is 0 Å². The lowest BCUT2D eigenvalue weighted by molar-refractivity contribution is -0.154. The highest BCUT2D eigenvalue weighted by Gasteiger charge is 2.29. The molecule has 0 aliphatic rings. The quantitative estimate of drug-likeness (QED) is 0.853. The lowest BCUT2D eigenvalue weighted by atomic mass is 10.1. The van der Waals surface area contributed by atoms with Crippen LogP contribution in [0.4, 0.5) is 13.2 Å². The van der Waals surface area contributed by atoms with Crippen LogP contribution in [0.2, 0.25) is 0 Å². The van der Waals surface area contributed by atoms with Crippen LogP contribution in [-0.4, -0.2) is 33.8 Å². The average Bonchev–Trinajstić information content (AvgIpc) is 2.42. The third kappa shape index (κ3) is 6.34. The Bertz CT molecular complexity index is 559. The van der Waals surface area contributed by atoms with E-state index in [1.807, 2.05) is 20.8 Å². The van der Waals surface area contributed by atoms with Crippen molar-refractivity contribution in [3.8, 4) is 11.6 Å². The Labute approximate surface area is 136 Å². The molecule has 1 N–H and O–H groups in total. The van der Waals surface area contributed by atoms with Crippen LogP contribution in [0.1, 0.15) is 39.3 Å². The van der Waals surface area contributed by atoms with Crippen LogP contribution in [-0.2, 0) is 11.0 Å². The highest BCUT2D eigenvalue weighted by molar-refractivity contribution is 7.84. The van der Waals surface area contributed by atoms with Gasteiger partial charge >= 0.3 is 6.18 Å². The minimum Gasteiger partial charge on any atom is -0.491 e. The van der Waals surface area contributed by atoms with Crippen LogP contribution in [0.5, 0.6) is 11.6 Å². The van der Waals surface area contributed by atoms with Crippen molar-refractivity contribution < 1.29 is 26.9 Å². The number of ether oxygens (including phenoxy) is 2. The maximum absolute atomic E-state index is 12.2. The largest absolute Gasteiger partial charge is 0.491 e. The Balaban J connectivity index is 2.88. The molecule has 1 heterocycles. The summed E-state index contributed by atoms with van der Waals surface area (Å²) >= 11 is 0. The van der Waals surface area contributed by atoms with Gasteiger partial charge in [0.15, 0.2) is 12.4 Å². The smallest absolute Gasteiger partial charge is 0.422 e. The van der Waals surface area contributed by atoms with Crippen molar-refractivity contribution in [2.45, 2.75) is 44.7 Å². The number of alkyl halides is 3. The molecule has 23 heavy (non-hydrogen) atoms. The van der Waals surface area contributed by atoms with Gasteiger partial charge < -0.3 is 9.47 Å². The lowest BCUT2D eigenvalue weighted by Crippen LogP contribution is -2.34. The molecule has 0 aliphatic carbocycles. The first kappa shape index (κ1) is 19.7. The molecule has 9 heteroatoms. The van der Waals surface area contributed by atoms with E-state index in [2.05, 4.69) is 14.4 Å². The summed E-state index contributed by atoms with van der Waals surface area (Å²) in [5.74, 6) is -0.153. The predicted octanol–water partition coefficient (Wildman–Crippen LogP) is 3.14. The van der Waals surface area contributed by atoms with Gasteiger partial charge in [-0.2, -0.15) is 13.2 Å². The second kappa shape index (κ2) is 7.48. The third-order valence-corrected chi connectivity index (χ3v) is 4.45. The van der Waals surface area contributed by atoms with Gasteiger partial charge in [-0.15, -0.1) is 0 Å². The molecule has 0 amide bonds. The number of pyridine rings is 1. The molecule has 0 fully saturated rings. The highest BCUT2D eigenvalue weighted by Crippen LogP contribution is 2.29. The van der Waals surface area contributed by atoms with Gasteiger partial charge in [0.25, 0.3) is 5.88 Å². The Morgan fingerprint density at radius 2 is 1.96 bits per heavy atom. The number of hydrogen-bond donors (Lipinski definition) is 1. The first-order valence-corrected chi connectivity index (χ1v) is 8.00. The molecule has 5 nitrogen and oxygen atoms in total. The number of rotatable bonds is 6. The number of nitrogens with one attached hydrogen (secondary N) is 1. The fraction of sp³-hybridized carbons (Fsp3) is 0.643. The minimum atomic E-state index is -4.45. The monoisotopic (exact) mass is 354 g/mol. The molecule has 0 aromatic carbocycles. The first-order chi connectivity index (χ1) is 10.4. The topological polar surface area (TPSA) is 60.5 Å². The van der Waals surface area contributed by atoms with Gasteiger partial charge in [0, 0.05) is 12.2 Å². The van der Waals surface area contributed by atoms with Crippen molar-refractivity contribution in [3.05, 3.63) is 17.8 Å². The molecule has 2 atom stereocenters. The number of methoxy groups -OCH3 is 1. The van der Waals surface area contributed by atoms with E-state index in [9.17, 15) is 17.4 Å². The summed E-state index contributed by atoms with van der Waals surface area (Å²) in [6.45, 7) is 5.81. The zero-order valence-corrected chi connectivity index (χ0v) is 14.5. The van der Waals surface area contributed by atoms with Crippen molar-refractivity contribution in [2.24, 2.45) is 0 Å². The zero-order chi connectivity index (χ0) is 17.8. The van der Waals surface area contributed by atoms with Crippen LogP contribution in [0, 0.1) is 0 Å². The molecule has 0 radical (unpaired) electrons. The van der Waals surface area contributed by atoms with E-state index in [1.165, 1.54) is 19.4 Å². The van der Waals surface area contributed by atoms with Gasteiger partial charge in [0.2, 0.25) is 0 Å². The molecule has 0 saturated carbocycles. The van der Waals surface area contributed by atoms with E-state index < -0.39 is 28.5 Å². The van der Waals surface area contributed by atoms with Crippen LogP contribution >= 0.6 is 0 Å². The second-order valence-electron chi connectivity index (χ2n) is 5.90. The van der Waals surface area contributed by atoms with Gasteiger partial charge in [-0.3, -0.25) is 0 Å². The number of halogens is 3. The van der Waals surface area contributed by atoms with Crippen molar-refractivity contribution in [1.82, 2.24) is 9.71 Å². The Morgan fingerprint density at radius 1 is 1.35 bits per heavy atom. The maximum atomic E-state index is 12.2. The summed E-state index contributed by atoms with van der Waals surface area (Å²) in [7, 11) is 0.0165. The number of aromatic nitrogens is 1. The molecule has 0 saturated heterocycles. The average molecular weight is 354 g/mol. The normalized spacial score (nSPS) is 15.1. The summed E-state index contributed by atoms with van der Waals surface area (Å²) in [5, 5.41) is 0. The molecule has 0 aliphatic heterocycles. The predicted molar refractivity (Wildman–Crippen MR) is 81.8 cm³/mol. The summed E-state index contributed by atoms with van der Waals surface area (Å²) in [5.41, 5.74) is 0.624. The van der Waals surface area contributed by atoms with Crippen LogP contribution in [0.25, 0.3) is 0 Å². The third-order valence-electron chi connectivity index (χ3n) is 2.77. The van der Waals surface area contributed by atoms with Crippen molar-refractivity contribution in [3.63, 3.8) is 0 Å². The Hall–Kier alpha value is -1.35. The highest BCUT2D eigenvalue weighted by atomic mass is 32.2. The summed E-state index contributed by atoms with van der Waals surface area (Å²) in [6, 6.07) is 1.18. The molecule has 1 rings (SSSR count). The van der Waals surface area contributed by atoms with Gasteiger partial charge in [0.05, 0.1) is 22.8 Å². The van der Waals surface area contributed by atoms with Gasteiger partial charge in [0.1, 0.15) is 0 Å². The molecular formula is C14H21F3N2O3S. The van der Waals surface area contributed by atoms with Crippen molar-refractivity contribution >= 4 is 11.0 Å². The number of nitrogens with zero attached hydrogens (tertiary/aromatic N) is 1. The molecule has 0 bridgehead atoms. The molecule has 2 unspecified atom stereocenters. The van der Waals surface area contributed by atoms with Crippen LogP contribution < -0.4 is 14.2 Å². The Morgan fingerprint density at radius 3 is 2.43 bits per heavy atom. The van der Waals surface area contributed by atoms with E-state index in [0.29, 0.717) is 5.56 Å². The standard InChI is InChI=1S/C14H21F3N2O3S/c1-9(19-23(20)13(2,3)4)10-6-11(21-5)12(18-7-10)22-8-14(15,16)17/h6-7,9,19H,8H2,1-5H3. The maximum Gasteiger partial charge on any atom is 0.422 e. The molecule has 1 aromatic heterocycles.